The molecule has 2 N–H and O–H groups in total. The molecule has 0 fully saturated rings. The second-order valence-electron chi connectivity index (χ2n) is 4.43. The van der Waals surface area contributed by atoms with Crippen molar-refractivity contribution in [2.45, 2.75) is 19.9 Å². The lowest BCUT2D eigenvalue weighted by Crippen LogP contribution is -2.34. The van der Waals surface area contributed by atoms with Gasteiger partial charge in [0.05, 0.1) is 19.8 Å². The number of aromatic nitrogens is 3. The fourth-order valence-electron chi connectivity index (χ4n) is 1.80. The van der Waals surface area contributed by atoms with Crippen LogP contribution in [0.5, 0.6) is 5.75 Å². The van der Waals surface area contributed by atoms with Crippen molar-refractivity contribution in [3.8, 4) is 17.0 Å². The largest absolute Gasteiger partial charge is 0.494 e. The van der Waals surface area contributed by atoms with E-state index in [1.165, 1.54) is 0 Å². The van der Waals surface area contributed by atoms with Crippen molar-refractivity contribution in [2.24, 2.45) is 0 Å². The zero-order valence-corrected chi connectivity index (χ0v) is 11.7. The topological polar surface area (TPSA) is 97.2 Å². The zero-order valence-electron chi connectivity index (χ0n) is 11.7. The second kappa shape index (κ2) is 6.85. The molecule has 0 aliphatic rings. The van der Waals surface area contributed by atoms with Gasteiger partial charge >= 0.3 is 5.69 Å². The summed E-state index contributed by atoms with van der Waals surface area (Å²) < 4.78 is 6.49. The van der Waals surface area contributed by atoms with Gasteiger partial charge in [0.25, 0.3) is 5.56 Å². The molecule has 7 heteroatoms. The molecule has 0 saturated carbocycles. The van der Waals surface area contributed by atoms with Gasteiger partial charge in [0.2, 0.25) is 0 Å². The van der Waals surface area contributed by atoms with E-state index >= 15 is 0 Å². The van der Waals surface area contributed by atoms with Crippen LogP contribution >= 0.6 is 0 Å². The van der Waals surface area contributed by atoms with E-state index in [0.717, 1.165) is 11.1 Å². The predicted molar refractivity (Wildman–Crippen MR) is 77.4 cm³/mol. The minimum Gasteiger partial charge on any atom is -0.494 e. The molecule has 0 atom stereocenters. The normalized spacial score (nSPS) is 10.6. The predicted octanol–water partition coefficient (Wildman–Crippen LogP) is 0.380. The maximum atomic E-state index is 11.8. The number of ether oxygens (including phenoxy) is 1. The number of rotatable bonds is 6. The van der Waals surface area contributed by atoms with Crippen molar-refractivity contribution < 1.29 is 9.84 Å². The van der Waals surface area contributed by atoms with Crippen molar-refractivity contribution in [1.29, 1.82) is 0 Å². The number of nitrogens with one attached hydrogen (secondary N) is 1. The van der Waals surface area contributed by atoms with E-state index in [-0.39, 0.29) is 18.8 Å². The molecule has 2 aromatic rings. The molecule has 7 nitrogen and oxygen atoms in total. The van der Waals surface area contributed by atoms with Gasteiger partial charge < -0.3 is 9.84 Å². The van der Waals surface area contributed by atoms with Gasteiger partial charge in [0.15, 0.2) is 5.69 Å². The summed E-state index contributed by atoms with van der Waals surface area (Å²) in [6.45, 7) is 2.43. The smallest absolute Gasteiger partial charge is 0.344 e. The van der Waals surface area contributed by atoms with Crippen LogP contribution in [-0.2, 0) is 6.54 Å². The lowest BCUT2D eigenvalue weighted by molar-refractivity contribution is 0.265. The summed E-state index contributed by atoms with van der Waals surface area (Å²) in [6, 6.07) is 6.90. The molecule has 0 radical (unpaired) electrons. The maximum absolute atomic E-state index is 11.8. The maximum Gasteiger partial charge on any atom is 0.344 e. The Morgan fingerprint density at radius 3 is 2.62 bits per heavy atom. The van der Waals surface area contributed by atoms with Crippen molar-refractivity contribution >= 4 is 0 Å². The first-order chi connectivity index (χ1) is 10.2. The number of H-pyrrole nitrogens is 1. The van der Waals surface area contributed by atoms with E-state index in [0.29, 0.717) is 17.9 Å². The van der Waals surface area contributed by atoms with Crippen molar-refractivity contribution in [1.82, 2.24) is 14.8 Å². The van der Waals surface area contributed by atoms with Crippen LogP contribution in [0.15, 0.2) is 33.9 Å². The Morgan fingerprint density at radius 1 is 1.29 bits per heavy atom. The van der Waals surface area contributed by atoms with Gasteiger partial charge in [0, 0.05) is 5.56 Å². The number of hydrogen-bond donors (Lipinski definition) is 2. The number of aliphatic hydroxyl groups is 1. The number of aliphatic hydroxyl groups excluding tert-OH is 1. The van der Waals surface area contributed by atoms with Crippen LogP contribution in [-0.4, -0.2) is 33.1 Å². The van der Waals surface area contributed by atoms with Crippen molar-refractivity contribution in [2.75, 3.05) is 13.2 Å². The van der Waals surface area contributed by atoms with E-state index in [1.807, 2.05) is 6.92 Å². The molecule has 2 rings (SSSR count). The Bertz CT molecular complexity index is 703. The second-order valence-corrected chi connectivity index (χ2v) is 4.43. The molecule has 0 aliphatic carbocycles. The fourth-order valence-corrected chi connectivity index (χ4v) is 1.80. The lowest BCUT2D eigenvalue weighted by atomic mass is 10.1. The number of hydrogen-bond acceptors (Lipinski definition) is 5. The molecule has 21 heavy (non-hydrogen) atoms. The first-order valence-corrected chi connectivity index (χ1v) is 6.71. The molecule has 1 aromatic heterocycles. The van der Waals surface area contributed by atoms with Crippen LogP contribution in [0.25, 0.3) is 11.3 Å². The SMILES string of the molecule is CCCOc1ccc(-c2nn(CCO)c(=O)[nH]c2=O)cc1. The van der Waals surface area contributed by atoms with Crippen LogP contribution < -0.4 is 16.0 Å². The summed E-state index contributed by atoms with van der Waals surface area (Å²) in [5, 5.41) is 12.9. The van der Waals surface area contributed by atoms with Crippen LogP contribution in [0.2, 0.25) is 0 Å². The van der Waals surface area contributed by atoms with Gasteiger partial charge in [-0.05, 0) is 30.7 Å². The average molecular weight is 291 g/mol. The molecule has 0 unspecified atom stereocenters. The summed E-state index contributed by atoms with van der Waals surface area (Å²) in [5.74, 6) is 0.709. The van der Waals surface area contributed by atoms with E-state index in [2.05, 4.69) is 10.1 Å². The number of nitrogens with zero attached hydrogens (tertiary/aromatic N) is 2. The summed E-state index contributed by atoms with van der Waals surface area (Å²) in [4.78, 5) is 25.5. The highest BCUT2D eigenvalue weighted by Gasteiger charge is 2.09. The van der Waals surface area contributed by atoms with E-state index < -0.39 is 11.2 Å². The molecule has 0 bridgehead atoms. The fraction of sp³-hybridized carbons (Fsp3) is 0.357. The molecule has 0 saturated heterocycles. The molecular formula is C14H17N3O4. The van der Waals surface area contributed by atoms with Crippen LogP contribution in [0.3, 0.4) is 0 Å². The molecule has 0 aliphatic heterocycles. The minimum atomic E-state index is -0.638. The lowest BCUT2D eigenvalue weighted by Gasteiger charge is -2.07. The average Bonchev–Trinajstić information content (AvgIpc) is 2.49. The van der Waals surface area contributed by atoms with E-state index in [1.54, 1.807) is 24.3 Å². The third kappa shape index (κ3) is 3.57. The highest BCUT2D eigenvalue weighted by atomic mass is 16.5. The summed E-state index contributed by atoms with van der Waals surface area (Å²) >= 11 is 0. The first kappa shape index (κ1) is 15.0. The van der Waals surface area contributed by atoms with Gasteiger partial charge in [0.1, 0.15) is 5.75 Å². The summed E-state index contributed by atoms with van der Waals surface area (Å²) in [6.07, 6.45) is 0.912. The Balaban J connectivity index is 2.35. The van der Waals surface area contributed by atoms with Gasteiger partial charge in [-0.3, -0.25) is 9.78 Å². The van der Waals surface area contributed by atoms with Gasteiger partial charge in [-0.25, -0.2) is 9.48 Å². The zero-order chi connectivity index (χ0) is 15.2. The van der Waals surface area contributed by atoms with E-state index in [4.69, 9.17) is 9.84 Å². The van der Waals surface area contributed by atoms with Crippen LogP contribution in [0.4, 0.5) is 0 Å². The Kier molecular flexibility index (Phi) is 4.89. The Morgan fingerprint density at radius 2 is 2.00 bits per heavy atom. The monoisotopic (exact) mass is 291 g/mol. The standard InChI is InChI=1S/C14H17N3O4/c1-2-9-21-11-5-3-10(4-6-11)12-13(19)15-14(20)17(16-12)7-8-18/h3-6,18H,2,7-9H2,1H3,(H,15,19,20). The summed E-state index contributed by atoms with van der Waals surface area (Å²) in [7, 11) is 0. The molecule has 1 heterocycles. The molecule has 0 spiro atoms. The number of aromatic amines is 1. The highest BCUT2D eigenvalue weighted by molar-refractivity contribution is 5.58. The van der Waals surface area contributed by atoms with E-state index in [9.17, 15) is 9.59 Å². The molecule has 112 valence electrons. The summed E-state index contributed by atoms with van der Waals surface area (Å²) in [5.41, 5.74) is -0.492. The Labute approximate surface area is 120 Å². The highest BCUT2D eigenvalue weighted by Crippen LogP contribution is 2.17. The first-order valence-electron chi connectivity index (χ1n) is 6.71. The minimum absolute atomic E-state index is 0.0281. The molecule has 1 aromatic carbocycles. The van der Waals surface area contributed by atoms with Crippen molar-refractivity contribution in [3.05, 3.63) is 45.1 Å². The molecule has 0 amide bonds. The number of benzene rings is 1. The van der Waals surface area contributed by atoms with Crippen LogP contribution in [0, 0.1) is 0 Å². The van der Waals surface area contributed by atoms with Gasteiger partial charge in [-0.2, -0.15) is 5.10 Å². The third-order valence-electron chi connectivity index (χ3n) is 2.80. The quantitative estimate of drug-likeness (QED) is 0.802. The third-order valence-corrected chi connectivity index (χ3v) is 2.80. The van der Waals surface area contributed by atoms with Gasteiger partial charge in [-0.1, -0.05) is 6.92 Å². The van der Waals surface area contributed by atoms with Crippen molar-refractivity contribution in [3.63, 3.8) is 0 Å². The van der Waals surface area contributed by atoms with Crippen LogP contribution in [0.1, 0.15) is 13.3 Å². The van der Waals surface area contributed by atoms with Gasteiger partial charge in [-0.15, -0.1) is 0 Å². The molecular weight excluding hydrogens is 274 g/mol. The Hall–Kier alpha value is -2.41.